The Morgan fingerprint density at radius 2 is 2.17 bits per heavy atom. The van der Waals surface area contributed by atoms with Crippen LogP contribution in [0.15, 0.2) is 29.1 Å². The van der Waals surface area contributed by atoms with E-state index in [9.17, 15) is 9.59 Å². The molecule has 1 aliphatic heterocycles. The van der Waals surface area contributed by atoms with Crippen LogP contribution in [0.25, 0.3) is 10.9 Å². The second-order valence-electron chi connectivity index (χ2n) is 7.92. The lowest BCUT2D eigenvalue weighted by Gasteiger charge is -2.16. The third-order valence-corrected chi connectivity index (χ3v) is 5.85. The highest BCUT2D eigenvalue weighted by Gasteiger charge is 2.17. The van der Waals surface area contributed by atoms with E-state index in [0.29, 0.717) is 29.2 Å². The zero-order valence-corrected chi connectivity index (χ0v) is 17.9. The van der Waals surface area contributed by atoms with Crippen molar-refractivity contribution in [1.29, 1.82) is 0 Å². The second kappa shape index (κ2) is 10.7. The Bertz CT molecular complexity index is 931. The van der Waals surface area contributed by atoms with Crippen LogP contribution in [0.3, 0.4) is 0 Å². The van der Waals surface area contributed by atoms with Gasteiger partial charge in [0.2, 0.25) is 5.91 Å². The van der Waals surface area contributed by atoms with E-state index in [-0.39, 0.29) is 17.5 Å². The molecular formula is C22H31N3O3S. The smallest absolute Gasteiger partial charge is 0.262 e. The first-order chi connectivity index (χ1) is 14.0. The summed E-state index contributed by atoms with van der Waals surface area (Å²) >= 11 is 5.33. The van der Waals surface area contributed by atoms with Crippen LogP contribution >= 0.6 is 12.2 Å². The van der Waals surface area contributed by atoms with Gasteiger partial charge in [-0.2, -0.15) is 0 Å². The molecule has 2 aromatic rings. The van der Waals surface area contributed by atoms with Gasteiger partial charge in [0.05, 0.1) is 17.0 Å². The molecule has 0 radical (unpaired) electrons. The molecule has 6 nitrogen and oxygen atoms in total. The van der Waals surface area contributed by atoms with E-state index in [0.717, 1.165) is 57.1 Å². The van der Waals surface area contributed by atoms with Gasteiger partial charge in [-0.1, -0.05) is 18.6 Å². The Hall–Kier alpha value is -1.99. The zero-order chi connectivity index (χ0) is 20.6. The van der Waals surface area contributed by atoms with Crippen LogP contribution in [-0.4, -0.2) is 34.2 Å². The molecule has 29 heavy (non-hydrogen) atoms. The summed E-state index contributed by atoms with van der Waals surface area (Å²) in [6.45, 7) is 3.50. The van der Waals surface area contributed by atoms with Gasteiger partial charge in [-0.15, -0.1) is 0 Å². The van der Waals surface area contributed by atoms with E-state index in [2.05, 4.69) is 17.2 Å². The molecule has 1 aromatic heterocycles. The lowest BCUT2D eigenvalue weighted by atomic mass is 10.1. The molecule has 2 atom stereocenters. The molecule has 158 valence electrons. The lowest BCUT2D eigenvalue weighted by molar-refractivity contribution is -0.121. The van der Waals surface area contributed by atoms with Crippen molar-refractivity contribution in [3.05, 3.63) is 39.4 Å². The first kappa shape index (κ1) is 21.7. The van der Waals surface area contributed by atoms with Crippen molar-refractivity contribution >= 4 is 29.0 Å². The van der Waals surface area contributed by atoms with Crippen molar-refractivity contribution < 1.29 is 9.53 Å². The molecule has 2 heterocycles. The molecule has 1 aromatic carbocycles. The van der Waals surface area contributed by atoms with Gasteiger partial charge in [-0.3, -0.25) is 14.2 Å². The van der Waals surface area contributed by atoms with Crippen LogP contribution in [-0.2, 0) is 16.1 Å². The van der Waals surface area contributed by atoms with Gasteiger partial charge in [0.15, 0.2) is 4.77 Å². The van der Waals surface area contributed by atoms with E-state index in [1.807, 2.05) is 24.3 Å². The van der Waals surface area contributed by atoms with Gasteiger partial charge in [0.25, 0.3) is 5.56 Å². The summed E-state index contributed by atoms with van der Waals surface area (Å²) in [4.78, 5) is 27.8. The van der Waals surface area contributed by atoms with Crippen LogP contribution in [0.1, 0.15) is 58.3 Å². The van der Waals surface area contributed by atoms with E-state index < -0.39 is 0 Å². The summed E-state index contributed by atoms with van der Waals surface area (Å²) in [5.74, 6) is 0.102. The van der Waals surface area contributed by atoms with Crippen LogP contribution in [0.5, 0.6) is 0 Å². The number of carbonyl (C=O) groups is 1. The number of aromatic amines is 1. The fraction of sp³-hybridized carbons (Fsp3) is 0.591. The molecule has 0 aliphatic carbocycles. The number of ether oxygens (including phenoxy) is 1. The monoisotopic (exact) mass is 417 g/mol. The summed E-state index contributed by atoms with van der Waals surface area (Å²) in [6, 6.07) is 7.58. The van der Waals surface area contributed by atoms with Gasteiger partial charge < -0.3 is 15.0 Å². The van der Waals surface area contributed by atoms with Gasteiger partial charge in [0.1, 0.15) is 0 Å². The van der Waals surface area contributed by atoms with Crippen LogP contribution in [0, 0.1) is 4.77 Å². The SMILES string of the molecule is CC(CCC1CCCO1)NC(=O)CCCCCn1c(=S)[nH]c2ccccc2c1=O. The fourth-order valence-electron chi connectivity index (χ4n) is 3.86. The number of nitrogens with zero attached hydrogens (tertiary/aromatic N) is 1. The van der Waals surface area contributed by atoms with Crippen LogP contribution in [0.2, 0.25) is 0 Å². The maximum Gasteiger partial charge on any atom is 0.262 e. The van der Waals surface area contributed by atoms with Crippen molar-refractivity contribution in [1.82, 2.24) is 14.9 Å². The van der Waals surface area contributed by atoms with E-state index in [1.165, 1.54) is 0 Å². The number of hydrogen-bond donors (Lipinski definition) is 2. The predicted octanol–water partition coefficient (Wildman–Crippen LogP) is 4.08. The Kier molecular flexibility index (Phi) is 8.00. The summed E-state index contributed by atoms with van der Waals surface area (Å²) in [6.07, 6.45) is 7.67. The van der Waals surface area contributed by atoms with Crippen molar-refractivity contribution in [2.45, 2.75) is 77.0 Å². The minimum Gasteiger partial charge on any atom is -0.378 e. The molecular weight excluding hydrogens is 386 g/mol. The molecule has 1 fully saturated rings. The molecule has 0 saturated carbocycles. The van der Waals surface area contributed by atoms with E-state index in [1.54, 1.807) is 4.57 Å². The number of carbonyl (C=O) groups excluding carboxylic acids is 1. The number of hydrogen-bond acceptors (Lipinski definition) is 4. The number of rotatable bonds is 10. The number of H-pyrrole nitrogens is 1. The molecule has 1 aliphatic rings. The van der Waals surface area contributed by atoms with Crippen LogP contribution < -0.4 is 10.9 Å². The van der Waals surface area contributed by atoms with E-state index >= 15 is 0 Å². The second-order valence-corrected chi connectivity index (χ2v) is 8.31. The van der Waals surface area contributed by atoms with Crippen molar-refractivity contribution in [2.24, 2.45) is 0 Å². The summed E-state index contributed by atoms with van der Waals surface area (Å²) < 4.78 is 7.70. The highest BCUT2D eigenvalue weighted by atomic mass is 32.1. The molecule has 2 unspecified atom stereocenters. The quantitative estimate of drug-likeness (QED) is 0.451. The normalized spacial score (nSPS) is 17.5. The topological polar surface area (TPSA) is 76.1 Å². The molecule has 1 amide bonds. The summed E-state index contributed by atoms with van der Waals surface area (Å²) in [7, 11) is 0. The molecule has 0 spiro atoms. The molecule has 3 rings (SSSR count). The third kappa shape index (κ3) is 6.24. The first-order valence-corrected chi connectivity index (χ1v) is 11.1. The van der Waals surface area contributed by atoms with Crippen molar-refractivity contribution in [3.8, 4) is 0 Å². The maximum absolute atomic E-state index is 12.6. The minimum absolute atomic E-state index is 0.0536. The molecule has 2 N–H and O–H groups in total. The summed E-state index contributed by atoms with van der Waals surface area (Å²) in [5.41, 5.74) is 0.714. The Morgan fingerprint density at radius 3 is 2.97 bits per heavy atom. The summed E-state index contributed by atoms with van der Waals surface area (Å²) in [5, 5.41) is 3.73. The Balaban J connectivity index is 1.36. The number of para-hydroxylation sites is 1. The molecule has 1 saturated heterocycles. The first-order valence-electron chi connectivity index (χ1n) is 10.7. The number of fused-ring (bicyclic) bond motifs is 1. The Labute approximate surface area is 176 Å². The zero-order valence-electron chi connectivity index (χ0n) is 17.1. The number of unbranched alkanes of at least 4 members (excludes halogenated alkanes) is 2. The van der Waals surface area contributed by atoms with E-state index in [4.69, 9.17) is 17.0 Å². The number of benzene rings is 1. The number of nitrogens with one attached hydrogen (secondary N) is 2. The van der Waals surface area contributed by atoms with Crippen molar-refractivity contribution in [2.75, 3.05) is 6.61 Å². The fourth-order valence-corrected chi connectivity index (χ4v) is 4.15. The van der Waals surface area contributed by atoms with Crippen molar-refractivity contribution in [3.63, 3.8) is 0 Å². The predicted molar refractivity (Wildman–Crippen MR) is 118 cm³/mol. The van der Waals surface area contributed by atoms with Gasteiger partial charge in [-0.25, -0.2) is 0 Å². The third-order valence-electron chi connectivity index (χ3n) is 5.53. The van der Waals surface area contributed by atoms with Gasteiger partial charge in [-0.05, 0) is 69.8 Å². The van der Waals surface area contributed by atoms with Gasteiger partial charge >= 0.3 is 0 Å². The average molecular weight is 418 g/mol. The average Bonchev–Trinajstić information content (AvgIpc) is 3.22. The highest BCUT2D eigenvalue weighted by Crippen LogP contribution is 2.17. The number of aromatic nitrogens is 2. The molecule has 0 bridgehead atoms. The molecule has 7 heteroatoms. The lowest BCUT2D eigenvalue weighted by Crippen LogP contribution is -2.33. The minimum atomic E-state index is -0.0536. The largest absolute Gasteiger partial charge is 0.378 e. The van der Waals surface area contributed by atoms with Crippen LogP contribution in [0.4, 0.5) is 0 Å². The number of amides is 1. The standard InChI is InChI=1S/C22H31N3O3S/c1-16(12-13-17-8-7-15-28-17)23-20(26)11-3-2-6-14-25-21(27)18-9-4-5-10-19(18)24-22(25)29/h4-5,9-10,16-17H,2-3,6-8,11-15H2,1H3,(H,23,26)(H,24,29). The maximum atomic E-state index is 12.6. The van der Waals surface area contributed by atoms with Gasteiger partial charge in [0, 0.05) is 25.6 Å². The Morgan fingerprint density at radius 1 is 1.34 bits per heavy atom. The highest BCUT2D eigenvalue weighted by molar-refractivity contribution is 7.71.